The Labute approximate surface area is 185 Å². The number of terminal acetylenes is 1. The van der Waals surface area contributed by atoms with Crippen LogP contribution >= 0.6 is 23.4 Å². The van der Waals surface area contributed by atoms with E-state index in [-0.39, 0.29) is 11.4 Å². The van der Waals surface area contributed by atoms with Gasteiger partial charge in [0.15, 0.2) is 11.5 Å². The summed E-state index contributed by atoms with van der Waals surface area (Å²) in [5.74, 6) is 2.79. The number of thioether (sulfide) groups is 1. The third-order valence-corrected chi connectivity index (χ3v) is 5.44. The van der Waals surface area contributed by atoms with Crippen LogP contribution in [0, 0.1) is 19.3 Å². The Bertz CT molecular complexity index is 1040. The topological polar surface area (TPSA) is 55.8 Å². The number of amides is 2. The fourth-order valence-corrected chi connectivity index (χ4v) is 3.91. The number of nitrogens with zero attached hydrogens (tertiary/aromatic N) is 1. The first kappa shape index (κ1) is 21.8. The van der Waals surface area contributed by atoms with Gasteiger partial charge < -0.3 is 9.47 Å². The molecular formula is C23H20ClNO4S. The molecule has 0 atom stereocenters. The molecule has 0 radical (unpaired) electrons. The number of hydrogen-bond acceptors (Lipinski definition) is 5. The molecule has 154 valence electrons. The fourth-order valence-electron chi connectivity index (χ4n) is 2.79. The molecule has 1 saturated heterocycles. The van der Waals surface area contributed by atoms with Gasteiger partial charge in [-0.25, -0.2) is 0 Å². The largest absolute Gasteiger partial charge is 0.490 e. The molecule has 0 unspecified atom stereocenters. The molecule has 0 saturated carbocycles. The van der Waals surface area contributed by atoms with Crippen molar-refractivity contribution in [1.29, 1.82) is 0 Å². The minimum absolute atomic E-state index is 0.0568. The summed E-state index contributed by atoms with van der Waals surface area (Å²) < 4.78 is 11.6. The number of imide groups is 1. The van der Waals surface area contributed by atoms with E-state index in [0.29, 0.717) is 35.3 Å². The van der Waals surface area contributed by atoms with E-state index in [1.807, 2.05) is 38.1 Å². The lowest BCUT2D eigenvalue weighted by Gasteiger charge is -2.15. The van der Waals surface area contributed by atoms with E-state index in [2.05, 4.69) is 5.92 Å². The Balaban J connectivity index is 1.86. The van der Waals surface area contributed by atoms with Crippen molar-refractivity contribution in [2.24, 2.45) is 0 Å². The minimum Gasteiger partial charge on any atom is -0.490 e. The predicted octanol–water partition coefficient (Wildman–Crippen LogP) is 5.30. The summed E-state index contributed by atoms with van der Waals surface area (Å²) in [6.07, 6.45) is 6.82. The van der Waals surface area contributed by atoms with Gasteiger partial charge in [-0.2, -0.15) is 0 Å². The molecule has 1 fully saturated rings. The van der Waals surface area contributed by atoms with Crippen LogP contribution in [0.4, 0.5) is 4.79 Å². The molecule has 30 heavy (non-hydrogen) atoms. The third-order valence-electron chi connectivity index (χ3n) is 4.26. The van der Waals surface area contributed by atoms with Crippen molar-refractivity contribution in [1.82, 2.24) is 4.90 Å². The standard InChI is InChI=1S/C23H20ClNO4S/c1-4-10-25-22(26)20(30-23(25)27)13-17-11-18(24)21(19(12-17)28-5-2)29-14-16-8-6-15(3)7-9-16/h1,6-9,11-13H,5,10,14H2,2-3H3/b20-13+. The van der Waals surface area contributed by atoms with E-state index in [1.165, 1.54) is 5.56 Å². The maximum Gasteiger partial charge on any atom is 0.294 e. The van der Waals surface area contributed by atoms with Crippen LogP contribution in [-0.2, 0) is 11.4 Å². The molecule has 0 N–H and O–H groups in total. The SMILES string of the molecule is C#CCN1C(=O)S/C(=C/c2cc(Cl)c(OCc3ccc(C)cc3)c(OCC)c2)C1=O. The zero-order valence-electron chi connectivity index (χ0n) is 16.6. The van der Waals surface area contributed by atoms with E-state index in [0.717, 1.165) is 22.2 Å². The molecule has 2 aromatic carbocycles. The molecule has 5 nitrogen and oxygen atoms in total. The summed E-state index contributed by atoms with van der Waals surface area (Å²) in [5, 5.41) is -0.0412. The highest BCUT2D eigenvalue weighted by Gasteiger charge is 2.34. The molecular weight excluding hydrogens is 422 g/mol. The smallest absolute Gasteiger partial charge is 0.294 e. The second-order valence-electron chi connectivity index (χ2n) is 6.51. The van der Waals surface area contributed by atoms with Gasteiger partial charge in [0, 0.05) is 0 Å². The summed E-state index contributed by atoms with van der Waals surface area (Å²) in [6, 6.07) is 11.4. The van der Waals surface area contributed by atoms with Crippen molar-refractivity contribution >= 4 is 40.6 Å². The number of carbonyl (C=O) groups is 2. The van der Waals surface area contributed by atoms with Crippen molar-refractivity contribution in [3.8, 4) is 23.8 Å². The molecule has 0 bridgehead atoms. The quantitative estimate of drug-likeness (QED) is 0.431. The first-order valence-corrected chi connectivity index (χ1v) is 10.5. The molecule has 0 spiro atoms. The Hall–Kier alpha value is -2.88. The number of ether oxygens (including phenoxy) is 2. The number of halogens is 1. The second-order valence-corrected chi connectivity index (χ2v) is 7.91. The molecule has 0 aliphatic carbocycles. The molecule has 2 amide bonds. The molecule has 1 heterocycles. The summed E-state index contributed by atoms with van der Waals surface area (Å²) in [6.45, 7) is 4.58. The normalized spacial score (nSPS) is 14.9. The van der Waals surface area contributed by atoms with Gasteiger partial charge in [-0.05, 0) is 54.9 Å². The van der Waals surface area contributed by atoms with Crippen LogP contribution in [0.5, 0.6) is 11.5 Å². The van der Waals surface area contributed by atoms with Crippen molar-refractivity contribution in [2.45, 2.75) is 20.5 Å². The van der Waals surface area contributed by atoms with Crippen molar-refractivity contribution in [3.05, 3.63) is 63.0 Å². The lowest BCUT2D eigenvalue weighted by Crippen LogP contribution is -2.28. The number of benzene rings is 2. The summed E-state index contributed by atoms with van der Waals surface area (Å²) in [5.41, 5.74) is 2.80. The maximum absolute atomic E-state index is 12.4. The Kier molecular flexibility index (Phi) is 7.09. The summed E-state index contributed by atoms with van der Waals surface area (Å²) in [7, 11) is 0. The van der Waals surface area contributed by atoms with Crippen LogP contribution < -0.4 is 9.47 Å². The van der Waals surface area contributed by atoms with E-state index in [4.69, 9.17) is 27.5 Å². The fraction of sp³-hybridized carbons (Fsp3) is 0.217. The molecule has 0 aromatic heterocycles. The number of hydrogen-bond donors (Lipinski definition) is 0. The third kappa shape index (κ3) is 4.99. The zero-order valence-corrected chi connectivity index (χ0v) is 18.2. The molecule has 7 heteroatoms. The molecule has 2 aromatic rings. The van der Waals surface area contributed by atoms with Gasteiger partial charge in [0.25, 0.3) is 11.1 Å². The van der Waals surface area contributed by atoms with Gasteiger partial charge in [0.05, 0.1) is 23.1 Å². The van der Waals surface area contributed by atoms with E-state index < -0.39 is 11.1 Å². The number of carbonyl (C=O) groups excluding carboxylic acids is 2. The first-order valence-electron chi connectivity index (χ1n) is 9.26. The molecule has 1 aliphatic heterocycles. The van der Waals surface area contributed by atoms with E-state index >= 15 is 0 Å². The van der Waals surface area contributed by atoms with Crippen molar-refractivity contribution in [2.75, 3.05) is 13.2 Å². The minimum atomic E-state index is -0.420. The zero-order chi connectivity index (χ0) is 21.7. The predicted molar refractivity (Wildman–Crippen MR) is 120 cm³/mol. The van der Waals surface area contributed by atoms with Gasteiger partial charge in [-0.15, -0.1) is 6.42 Å². The van der Waals surface area contributed by atoms with E-state index in [9.17, 15) is 9.59 Å². The van der Waals surface area contributed by atoms with Crippen LogP contribution in [0.3, 0.4) is 0 Å². The second kappa shape index (κ2) is 9.75. The van der Waals surface area contributed by atoms with Gasteiger partial charge in [-0.1, -0.05) is 47.4 Å². The monoisotopic (exact) mass is 441 g/mol. The first-order chi connectivity index (χ1) is 14.4. The van der Waals surface area contributed by atoms with Crippen molar-refractivity contribution < 1.29 is 19.1 Å². The Morgan fingerprint density at radius 3 is 2.60 bits per heavy atom. The summed E-state index contributed by atoms with van der Waals surface area (Å²) in [4.78, 5) is 25.7. The highest BCUT2D eigenvalue weighted by atomic mass is 35.5. The van der Waals surface area contributed by atoms with Gasteiger partial charge >= 0.3 is 0 Å². The van der Waals surface area contributed by atoms with Crippen LogP contribution in [0.2, 0.25) is 5.02 Å². The highest BCUT2D eigenvalue weighted by molar-refractivity contribution is 8.18. The lowest BCUT2D eigenvalue weighted by molar-refractivity contribution is -0.122. The number of aryl methyl sites for hydroxylation is 1. The molecule has 3 rings (SSSR count). The Morgan fingerprint density at radius 1 is 1.20 bits per heavy atom. The van der Waals surface area contributed by atoms with E-state index in [1.54, 1.807) is 18.2 Å². The lowest BCUT2D eigenvalue weighted by atomic mass is 10.1. The van der Waals surface area contributed by atoms with Gasteiger partial charge in [-0.3, -0.25) is 14.5 Å². The van der Waals surface area contributed by atoms with Gasteiger partial charge in [0.1, 0.15) is 6.61 Å². The van der Waals surface area contributed by atoms with Crippen LogP contribution in [0.15, 0.2) is 41.3 Å². The van der Waals surface area contributed by atoms with Crippen LogP contribution in [0.1, 0.15) is 23.6 Å². The Morgan fingerprint density at radius 2 is 1.93 bits per heavy atom. The maximum atomic E-state index is 12.4. The number of rotatable bonds is 7. The average Bonchev–Trinajstić information content (AvgIpc) is 2.97. The van der Waals surface area contributed by atoms with Crippen LogP contribution in [-0.4, -0.2) is 29.2 Å². The average molecular weight is 442 g/mol. The molecule has 1 aliphatic rings. The van der Waals surface area contributed by atoms with Gasteiger partial charge in [0.2, 0.25) is 0 Å². The summed E-state index contributed by atoms with van der Waals surface area (Å²) >= 11 is 7.30. The van der Waals surface area contributed by atoms with Crippen molar-refractivity contribution in [3.63, 3.8) is 0 Å². The van der Waals surface area contributed by atoms with Crippen LogP contribution in [0.25, 0.3) is 6.08 Å². The highest BCUT2D eigenvalue weighted by Crippen LogP contribution is 2.39.